The molecule has 1 saturated heterocycles. The number of nitrogens with zero attached hydrogens (tertiary/aromatic N) is 1. The Labute approximate surface area is 129 Å². The van der Waals surface area contributed by atoms with Crippen molar-refractivity contribution in [3.63, 3.8) is 0 Å². The zero-order valence-corrected chi connectivity index (χ0v) is 13.1. The summed E-state index contributed by atoms with van der Waals surface area (Å²) in [5.41, 5.74) is 0. The van der Waals surface area contributed by atoms with Gasteiger partial charge in [0.2, 0.25) is 10.0 Å². The van der Waals surface area contributed by atoms with Gasteiger partial charge in [0.1, 0.15) is 5.82 Å². The van der Waals surface area contributed by atoms with Gasteiger partial charge in [0.15, 0.2) is 0 Å². The zero-order valence-electron chi connectivity index (χ0n) is 12.3. The van der Waals surface area contributed by atoms with Crippen molar-refractivity contribution in [2.45, 2.75) is 30.7 Å². The molecule has 1 fully saturated rings. The lowest BCUT2D eigenvalue weighted by Gasteiger charge is -2.32. The van der Waals surface area contributed by atoms with Gasteiger partial charge in [0, 0.05) is 19.1 Å². The molecule has 1 aliphatic rings. The highest BCUT2D eigenvalue weighted by Crippen LogP contribution is 2.21. The van der Waals surface area contributed by atoms with Crippen LogP contribution in [0.15, 0.2) is 29.2 Å². The molecule has 1 heterocycles. The van der Waals surface area contributed by atoms with E-state index in [1.54, 1.807) is 6.92 Å². The maximum atomic E-state index is 12.9. The molecule has 1 atom stereocenters. The minimum absolute atomic E-state index is 0.0469. The molecule has 1 aliphatic heterocycles. The summed E-state index contributed by atoms with van der Waals surface area (Å²) in [6.07, 6.45) is 0.777. The van der Waals surface area contributed by atoms with Crippen LogP contribution in [0.4, 0.5) is 9.18 Å². The van der Waals surface area contributed by atoms with Gasteiger partial charge in [0.25, 0.3) is 0 Å². The number of sulfonamides is 1. The second-order valence-electron chi connectivity index (χ2n) is 5.02. The van der Waals surface area contributed by atoms with E-state index in [1.807, 2.05) is 0 Å². The molecule has 22 heavy (non-hydrogen) atoms. The number of benzene rings is 1. The third kappa shape index (κ3) is 3.95. The van der Waals surface area contributed by atoms with Crippen LogP contribution in [0, 0.1) is 5.82 Å². The Morgan fingerprint density at radius 3 is 2.73 bits per heavy atom. The number of rotatable bonds is 4. The Hall–Kier alpha value is -1.67. The molecule has 0 spiro atoms. The van der Waals surface area contributed by atoms with Crippen molar-refractivity contribution >= 4 is 16.1 Å². The van der Waals surface area contributed by atoms with Crippen LogP contribution < -0.4 is 5.32 Å². The summed E-state index contributed by atoms with van der Waals surface area (Å²) < 4.78 is 44.1. The molecule has 122 valence electrons. The summed E-state index contributed by atoms with van der Waals surface area (Å²) in [6.45, 7) is 2.52. The fraction of sp³-hybridized carbons (Fsp3) is 0.500. The van der Waals surface area contributed by atoms with Gasteiger partial charge in [-0.2, -0.15) is 4.31 Å². The van der Waals surface area contributed by atoms with E-state index in [9.17, 15) is 17.6 Å². The molecule has 0 unspecified atom stereocenters. The minimum atomic E-state index is -3.69. The molecule has 1 aromatic rings. The number of ether oxygens (including phenoxy) is 1. The zero-order chi connectivity index (χ0) is 16.2. The number of amides is 1. The Morgan fingerprint density at radius 2 is 2.09 bits per heavy atom. The Morgan fingerprint density at radius 1 is 1.41 bits per heavy atom. The third-order valence-electron chi connectivity index (χ3n) is 3.43. The molecule has 0 aromatic heterocycles. The molecule has 1 amide bonds. The van der Waals surface area contributed by atoms with Gasteiger partial charge in [-0.25, -0.2) is 17.6 Å². The number of hydrogen-bond acceptors (Lipinski definition) is 4. The van der Waals surface area contributed by atoms with Gasteiger partial charge >= 0.3 is 6.09 Å². The molecule has 2 rings (SSSR count). The summed E-state index contributed by atoms with van der Waals surface area (Å²) in [7, 11) is -3.69. The molecule has 1 N–H and O–H groups in total. The van der Waals surface area contributed by atoms with Gasteiger partial charge in [-0.1, -0.05) is 0 Å². The van der Waals surface area contributed by atoms with Crippen LogP contribution in [-0.2, 0) is 14.8 Å². The van der Waals surface area contributed by atoms with Crippen molar-refractivity contribution in [1.29, 1.82) is 0 Å². The normalized spacial score (nSPS) is 19.6. The lowest BCUT2D eigenvalue weighted by Crippen LogP contribution is -2.49. The topological polar surface area (TPSA) is 75.7 Å². The first-order valence-corrected chi connectivity index (χ1v) is 8.56. The lowest BCUT2D eigenvalue weighted by molar-refractivity contribution is 0.142. The summed E-state index contributed by atoms with van der Waals surface area (Å²) in [6, 6.07) is 4.43. The van der Waals surface area contributed by atoms with Gasteiger partial charge in [-0.05, 0) is 44.0 Å². The molecule has 0 radical (unpaired) electrons. The smallest absolute Gasteiger partial charge is 0.407 e. The van der Waals surface area contributed by atoms with E-state index in [4.69, 9.17) is 4.74 Å². The lowest BCUT2D eigenvalue weighted by atomic mass is 10.1. The quantitative estimate of drug-likeness (QED) is 0.912. The average Bonchev–Trinajstić information content (AvgIpc) is 2.48. The van der Waals surface area contributed by atoms with Crippen LogP contribution in [0.5, 0.6) is 0 Å². The summed E-state index contributed by atoms with van der Waals surface area (Å²) in [5, 5.41) is 2.66. The number of piperidine rings is 1. The molecule has 0 bridgehead atoms. The highest BCUT2D eigenvalue weighted by Gasteiger charge is 2.31. The van der Waals surface area contributed by atoms with E-state index < -0.39 is 21.9 Å². The van der Waals surface area contributed by atoms with E-state index in [1.165, 1.54) is 16.4 Å². The number of carbonyl (C=O) groups is 1. The third-order valence-corrected chi connectivity index (χ3v) is 5.31. The minimum Gasteiger partial charge on any atom is -0.450 e. The Bertz CT molecular complexity index is 618. The second kappa shape index (κ2) is 7.06. The number of alkyl carbamates (subject to hydrolysis) is 1. The van der Waals surface area contributed by atoms with Crippen LogP contribution in [0.25, 0.3) is 0 Å². The highest BCUT2D eigenvalue weighted by atomic mass is 32.2. The first-order valence-electron chi connectivity index (χ1n) is 7.12. The van der Waals surface area contributed by atoms with Crippen molar-refractivity contribution in [3.8, 4) is 0 Å². The number of nitrogens with one attached hydrogen (secondary N) is 1. The number of halogens is 1. The SMILES string of the molecule is CCOC(=O)N[C@H]1CCCN(S(=O)(=O)c2ccc(F)cc2)C1. The second-order valence-corrected chi connectivity index (χ2v) is 6.96. The molecular weight excluding hydrogens is 311 g/mol. The van der Waals surface area contributed by atoms with Gasteiger partial charge < -0.3 is 10.1 Å². The average molecular weight is 330 g/mol. The van der Waals surface area contributed by atoms with Gasteiger partial charge in [0.05, 0.1) is 11.5 Å². The van der Waals surface area contributed by atoms with Crippen LogP contribution in [0.3, 0.4) is 0 Å². The van der Waals surface area contributed by atoms with Crippen LogP contribution in [0.1, 0.15) is 19.8 Å². The fourth-order valence-electron chi connectivity index (χ4n) is 2.37. The van der Waals surface area contributed by atoms with Crippen LogP contribution >= 0.6 is 0 Å². The van der Waals surface area contributed by atoms with Crippen molar-refractivity contribution in [2.24, 2.45) is 0 Å². The maximum absolute atomic E-state index is 12.9. The van der Waals surface area contributed by atoms with Crippen molar-refractivity contribution in [3.05, 3.63) is 30.1 Å². The summed E-state index contributed by atoms with van der Waals surface area (Å²) in [5.74, 6) is -0.487. The first-order chi connectivity index (χ1) is 10.4. The van der Waals surface area contributed by atoms with Gasteiger partial charge in [-0.3, -0.25) is 0 Å². The predicted molar refractivity (Wildman–Crippen MR) is 78.3 cm³/mol. The van der Waals surface area contributed by atoms with E-state index in [0.29, 0.717) is 19.4 Å². The van der Waals surface area contributed by atoms with Crippen LogP contribution in [0.2, 0.25) is 0 Å². The van der Waals surface area contributed by atoms with Crippen LogP contribution in [-0.4, -0.2) is 44.6 Å². The highest BCUT2D eigenvalue weighted by molar-refractivity contribution is 7.89. The maximum Gasteiger partial charge on any atom is 0.407 e. The molecule has 0 aliphatic carbocycles. The van der Waals surface area contributed by atoms with Crippen molar-refractivity contribution in [1.82, 2.24) is 9.62 Å². The molecule has 0 saturated carbocycles. The molecular formula is C14H19FN2O4S. The molecule has 6 nitrogen and oxygen atoms in total. The summed E-state index contributed by atoms with van der Waals surface area (Å²) in [4.78, 5) is 11.5. The molecule has 1 aromatic carbocycles. The molecule has 8 heteroatoms. The van der Waals surface area contributed by atoms with E-state index in [-0.39, 0.29) is 24.1 Å². The first kappa shape index (κ1) is 16.7. The van der Waals surface area contributed by atoms with E-state index >= 15 is 0 Å². The number of hydrogen-bond donors (Lipinski definition) is 1. The largest absolute Gasteiger partial charge is 0.450 e. The number of carbonyl (C=O) groups excluding carboxylic acids is 1. The Kier molecular flexibility index (Phi) is 5.36. The summed E-state index contributed by atoms with van der Waals surface area (Å²) >= 11 is 0. The van der Waals surface area contributed by atoms with E-state index in [2.05, 4.69) is 5.32 Å². The van der Waals surface area contributed by atoms with Crippen molar-refractivity contribution < 1.29 is 22.3 Å². The van der Waals surface area contributed by atoms with Crippen molar-refractivity contribution in [2.75, 3.05) is 19.7 Å². The monoisotopic (exact) mass is 330 g/mol. The predicted octanol–water partition coefficient (Wildman–Crippen LogP) is 1.72. The van der Waals surface area contributed by atoms with E-state index in [0.717, 1.165) is 12.1 Å². The Balaban J connectivity index is 2.07. The standard InChI is InChI=1S/C14H19FN2O4S/c1-2-21-14(18)16-12-4-3-9-17(10-12)22(19,20)13-7-5-11(15)6-8-13/h5-8,12H,2-4,9-10H2,1H3,(H,16,18)/t12-/m0/s1. The fourth-order valence-corrected chi connectivity index (χ4v) is 3.90. The van der Waals surface area contributed by atoms with Gasteiger partial charge in [-0.15, -0.1) is 0 Å².